The monoisotopic (exact) mass is 521 g/mol. The number of benzene rings is 1. The molecule has 0 spiro atoms. The van der Waals surface area contributed by atoms with Crippen molar-refractivity contribution in [3.63, 3.8) is 0 Å². The summed E-state index contributed by atoms with van der Waals surface area (Å²) >= 11 is 0. The van der Waals surface area contributed by atoms with Crippen LogP contribution in [-0.2, 0) is 9.59 Å². The summed E-state index contributed by atoms with van der Waals surface area (Å²) in [5.74, 6) is 6.58. The van der Waals surface area contributed by atoms with Crippen molar-refractivity contribution in [1.82, 2.24) is 25.1 Å². The highest BCUT2D eigenvalue weighted by Gasteiger charge is 2.36. The van der Waals surface area contributed by atoms with Gasteiger partial charge in [0.1, 0.15) is 17.7 Å². The second-order valence-electron chi connectivity index (χ2n) is 9.22. The van der Waals surface area contributed by atoms with Gasteiger partial charge in [0.05, 0.1) is 11.8 Å². The molecule has 0 unspecified atom stereocenters. The summed E-state index contributed by atoms with van der Waals surface area (Å²) in [4.78, 5) is 37.1. The minimum absolute atomic E-state index is 0.126. The Morgan fingerprint density at radius 2 is 2.13 bits per heavy atom. The maximum Gasteiger partial charge on any atom is 0.246 e. The summed E-state index contributed by atoms with van der Waals surface area (Å²) < 4.78 is 13.5. The van der Waals surface area contributed by atoms with E-state index in [1.165, 1.54) is 18.2 Å². The number of hydrogen-bond donors (Lipinski definition) is 3. The van der Waals surface area contributed by atoms with Crippen molar-refractivity contribution < 1.29 is 14.0 Å². The topological polar surface area (TPSA) is 102 Å². The Kier molecular flexibility index (Phi) is 11.1. The number of carbonyl (C=O) groups is 2. The number of aromatic nitrogens is 2. The number of unbranched alkanes of at least 4 members (excludes halogenated alkanes) is 1. The van der Waals surface area contributed by atoms with Crippen molar-refractivity contribution in [2.45, 2.75) is 38.6 Å². The summed E-state index contributed by atoms with van der Waals surface area (Å²) in [5, 5.41) is 9.18. The molecule has 3 rings (SSSR count). The molecule has 202 valence electrons. The maximum atomic E-state index is 13.5. The average Bonchev–Trinajstić information content (AvgIpc) is 2.84. The van der Waals surface area contributed by atoms with E-state index in [0.29, 0.717) is 61.9 Å². The van der Waals surface area contributed by atoms with E-state index in [1.807, 2.05) is 19.0 Å². The molecule has 38 heavy (non-hydrogen) atoms. The molecule has 0 bridgehead atoms. The lowest BCUT2D eigenvalue weighted by atomic mass is 10.0. The van der Waals surface area contributed by atoms with Gasteiger partial charge in [-0.1, -0.05) is 30.9 Å². The molecular formula is C28H36FN7O2. The van der Waals surface area contributed by atoms with Gasteiger partial charge < -0.3 is 25.8 Å². The summed E-state index contributed by atoms with van der Waals surface area (Å²) in [5.41, 5.74) is 1.22. The molecular weight excluding hydrogens is 485 g/mol. The molecule has 1 aromatic carbocycles. The van der Waals surface area contributed by atoms with Gasteiger partial charge in [0, 0.05) is 44.4 Å². The lowest BCUT2D eigenvalue weighted by molar-refractivity contribution is -0.143. The molecule has 0 radical (unpaired) electrons. The molecule has 1 aromatic heterocycles. The Bertz CT molecular complexity index is 1190. The highest BCUT2D eigenvalue weighted by molar-refractivity contribution is 5.94. The zero-order chi connectivity index (χ0) is 27.3. The van der Waals surface area contributed by atoms with E-state index in [2.05, 4.69) is 44.7 Å². The summed E-state index contributed by atoms with van der Waals surface area (Å²) in [6.45, 7) is 4.54. The maximum absolute atomic E-state index is 13.5. The van der Waals surface area contributed by atoms with E-state index >= 15 is 0 Å². The summed E-state index contributed by atoms with van der Waals surface area (Å²) in [7, 11) is 3.86. The highest BCUT2D eigenvalue weighted by Crippen LogP contribution is 2.19. The van der Waals surface area contributed by atoms with Crippen molar-refractivity contribution in [2.24, 2.45) is 0 Å². The van der Waals surface area contributed by atoms with Crippen LogP contribution in [-0.4, -0.2) is 77.9 Å². The number of nitrogens with zero attached hydrogens (tertiary/aromatic N) is 4. The number of likely N-dealkylation sites (tertiary alicyclic amines) is 1. The Balaban J connectivity index is 1.47. The number of amides is 2. The van der Waals surface area contributed by atoms with E-state index in [0.717, 1.165) is 13.0 Å². The van der Waals surface area contributed by atoms with Gasteiger partial charge in [-0.05, 0) is 51.6 Å². The van der Waals surface area contributed by atoms with Crippen LogP contribution >= 0.6 is 0 Å². The van der Waals surface area contributed by atoms with E-state index in [4.69, 9.17) is 0 Å². The third-order valence-corrected chi connectivity index (χ3v) is 5.75. The second kappa shape index (κ2) is 14.7. The van der Waals surface area contributed by atoms with E-state index in [9.17, 15) is 14.0 Å². The molecule has 1 aliphatic heterocycles. The van der Waals surface area contributed by atoms with E-state index in [1.54, 1.807) is 29.3 Å². The molecule has 0 saturated carbocycles. The first kappa shape index (κ1) is 28.6. The van der Waals surface area contributed by atoms with Crippen LogP contribution in [0.4, 0.5) is 21.8 Å². The fraction of sp³-hybridized carbons (Fsp3) is 0.429. The number of hydrogen-bond acceptors (Lipinski definition) is 7. The Morgan fingerprint density at radius 3 is 2.84 bits per heavy atom. The molecule has 0 aliphatic carbocycles. The predicted octanol–water partition coefficient (Wildman–Crippen LogP) is 3.15. The lowest BCUT2D eigenvalue weighted by Gasteiger charge is -2.39. The number of anilines is 3. The predicted molar refractivity (Wildman–Crippen MR) is 147 cm³/mol. The van der Waals surface area contributed by atoms with Gasteiger partial charge in [0.25, 0.3) is 0 Å². The summed E-state index contributed by atoms with van der Waals surface area (Å²) in [6, 6.07) is 5.70. The standard InChI is InChI=1S/C28H36FN7O2/c1-4-15-30-26-21(20-32-28(34-26)33-23-12-8-11-22(29)19-23)10-6-5-7-16-31-27(38)24-14-18-36(24)25(37)13-9-17-35(2)3/h8-9,11-13,19-20,24H,4-5,7,14-18H2,1-3H3,(H,31,38)(H2,30,32,33,34)/t24-/m0/s1. The molecule has 1 atom stereocenters. The van der Waals surface area contributed by atoms with E-state index < -0.39 is 6.04 Å². The first-order chi connectivity index (χ1) is 18.4. The minimum atomic E-state index is -0.401. The zero-order valence-electron chi connectivity index (χ0n) is 22.3. The summed E-state index contributed by atoms with van der Waals surface area (Å²) in [6.07, 6.45) is 7.83. The lowest BCUT2D eigenvalue weighted by Crippen LogP contribution is -2.58. The number of rotatable bonds is 12. The smallest absolute Gasteiger partial charge is 0.246 e. The fourth-order valence-electron chi connectivity index (χ4n) is 3.65. The third kappa shape index (κ3) is 8.85. The van der Waals surface area contributed by atoms with Crippen molar-refractivity contribution in [3.05, 3.63) is 54.0 Å². The molecule has 1 aliphatic rings. The third-order valence-electron chi connectivity index (χ3n) is 5.75. The van der Waals surface area contributed by atoms with Gasteiger partial charge in [0.2, 0.25) is 17.8 Å². The minimum Gasteiger partial charge on any atom is -0.369 e. The van der Waals surface area contributed by atoms with Crippen molar-refractivity contribution in [3.8, 4) is 11.8 Å². The van der Waals surface area contributed by atoms with Crippen LogP contribution < -0.4 is 16.0 Å². The van der Waals surface area contributed by atoms with Crippen LogP contribution in [0.1, 0.15) is 38.2 Å². The van der Waals surface area contributed by atoms with Gasteiger partial charge in [-0.3, -0.25) is 9.59 Å². The van der Waals surface area contributed by atoms with Crippen LogP contribution in [0.25, 0.3) is 0 Å². The Labute approximate surface area is 223 Å². The van der Waals surface area contributed by atoms with Gasteiger partial charge in [-0.2, -0.15) is 4.98 Å². The van der Waals surface area contributed by atoms with Crippen LogP contribution in [0.15, 0.2) is 42.6 Å². The number of nitrogens with one attached hydrogen (secondary N) is 3. The molecule has 2 amide bonds. The normalized spacial score (nSPS) is 14.6. The van der Waals surface area contributed by atoms with Gasteiger partial charge in [0.15, 0.2) is 0 Å². The molecule has 1 saturated heterocycles. The highest BCUT2D eigenvalue weighted by atomic mass is 19.1. The number of halogens is 1. The van der Waals surface area contributed by atoms with Crippen molar-refractivity contribution in [2.75, 3.05) is 50.9 Å². The Morgan fingerprint density at radius 1 is 1.29 bits per heavy atom. The fourth-order valence-corrected chi connectivity index (χ4v) is 3.65. The van der Waals surface area contributed by atoms with Gasteiger partial charge in [-0.15, -0.1) is 0 Å². The van der Waals surface area contributed by atoms with Gasteiger partial charge in [-0.25, -0.2) is 9.37 Å². The van der Waals surface area contributed by atoms with Crippen molar-refractivity contribution >= 4 is 29.3 Å². The molecule has 2 aromatic rings. The second-order valence-corrected chi connectivity index (χ2v) is 9.22. The first-order valence-corrected chi connectivity index (χ1v) is 12.9. The largest absolute Gasteiger partial charge is 0.369 e. The average molecular weight is 522 g/mol. The van der Waals surface area contributed by atoms with E-state index in [-0.39, 0.29) is 17.6 Å². The quantitative estimate of drug-likeness (QED) is 0.224. The molecule has 2 heterocycles. The molecule has 1 fully saturated rings. The molecule has 3 N–H and O–H groups in total. The van der Waals surface area contributed by atoms with Crippen LogP contribution in [0.3, 0.4) is 0 Å². The Hall–Kier alpha value is -3.97. The van der Waals surface area contributed by atoms with Crippen LogP contribution in [0.2, 0.25) is 0 Å². The first-order valence-electron chi connectivity index (χ1n) is 12.9. The number of likely N-dealkylation sites (N-methyl/N-ethyl adjacent to an activating group) is 1. The van der Waals surface area contributed by atoms with Crippen LogP contribution in [0.5, 0.6) is 0 Å². The SMILES string of the molecule is CCCNc1nc(Nc2cccc(F)c2)ncc1C#CCCCNC(=O)[C@@H]1CCN1C(=O)C=CCN(C)C. The van der Waals surface area contributed by atoms with Gasteiger partial charge >= 0.3 is 0 Å². The van der Waals surface area contributed by atoms with Crippen LogP contribution in [0, 0.1) is 17.7 Å². The molecule has 9 nitrogen and oxygen atoms in total. The number of carbonyl (C=O) groups excluding carboxylic acids is 2. The van der Waals surface area contributed by atoms with Crippen molar-refractivity contribution in [1.29, 1.82) is 0 Å². The molecule has 10 heteroatoms. The zero-order valence-corrected chi connectivity index (χ0v) is 22.3.